The monoisotopic (exact) mass is 516 g/mol. The molecule has 0 heterocycles. The molecule has 0 heteroatoms. The highest BCUT2D eigenvalue weighted by molar-refractivity contribution is 6.20. The van der Waals surface area contributed by atoms with Crippen LogP contribution in [0.2, 0.25) is 0 Å². The summed E-state index contributed by atoms with van der Waals surface area (Å²) in [6.07, 6.45) is 0. The summed E-state index contributed by atoms with van der Waals surface area (Å²) in [5, 5.41) is 2.76. The first-order valence-electron chi connectivity index (χ1n) is 14.4. The number of benzene rings is 6. The van der Waals surface area contributed by atoms with Gasteiger partial charge in [0.05, 0.1) is 0 Å². The first kappa shape index (κ1) is 25.8. The predicted octanol–water partition coefficient (Wildman–Crippen LogP) is 11.8. The average Bonchev–Trinajstić information content (AvgIpc) is 3.00. The maximum Gasteiger partial charge on any atom is -0.00140 e. The summed E-state index contributed by atoms with van der Waals surface area (Å²) < 4.78 is 0. The van der Waals surface area contributed by atoms with Gasteiger partial charge in [0.15, 0.2) is 0 Å². The molecule has 0 bridgehead atoms. The van der Waals surface area contributed by atoms with Crippen molar-refractivity contribution in [2.24, 2.45) is 0 Å². The van der Waals surface area contributed by atoms with E-state index in [4.69, 9.17) is 0 Å². The van der Waals surface area contributed by atoms with E-state index in [-0.39, 0.29) is 0 Å². The minimum absolute atomic E-state index is 0.376. The Morgan fingerprint density at radius 1 is 0.300 bits per heavy atom. The average molecular weight is 517 g/mol. The molecule has 0 nitrogen and oxygen atoms in total. The van der Waals surface area contributed by atoms with E-state index in [1.165, 1.54) is 66.4 Å². The second-order valence-electron chi connectivity index (χ2n) is 11.3. The summed E-state index contributed by atoms with van der Waals surface area (Å²) in [6, 6.07) is 48.8. The molecule has 6 rings (SSSR count). The molecule has 0 atom stereocenters. The summed E-state index contributed by atoms with van der Waals surface area (Å²) in [6.45, 7) is 9.31. The van der Waals surface area contributed by atoms with Crippen LogP contribution in [0.5, 0.6) is 0 Å². The van der Waals surface area contributed by atoms with E-state index in [0.717, 1.165) is 0 Å². The van der Waals surface area contributed by atoms with Crippen molar-refractivity contribution in [1.82, 2.24) is 0 Å². The zero-order valence-electron chi connectivity index (χ0n) is 23.9. The SMILES string of the molecule is CC(C)c1ccc(C(C)C)c2c(-c3ccccc3)c(-c3ccccc3)c(-c3ccccc3)c(-c3ccccc3)c12. The molecular formula is C40H36. The molecule has 0 aliphatic carbocycles. The van der Waals surface area contributed by atoms with E-state index in [1.54, 1.807) is 0 Å². The van der Waals surface area contributed by atoms with E-state index >= 15 is 0 Å². The van der Waals surface area contributed by atoms with Gasteiger partial charge in [-0.3, -0.25) is 0 Å². The van der Waals surface area contributed by atoms with Gasteiger partial charge in [-0.2, -0.15) is 0 Å². The van der Waals surface area contributed by atoms with Gasteiger partial charge in [0.2, 0.25) is 0 Å². The lowest BCUT2D eigenvalue weighted by atomic mass is 9.75. The van der Waals surface area contributed by atoms with Crippen LogP contribution in [0.3, 0.4) is 0 Å². The molecule has 0 N–H and O–H groups in total. The number of rotatable bonds is 6. The fourth-order valence-corrected chi connectivity index (χ4v) is 6.21. The van der Waals surface area contributed by atoms with Crippen LogP contribution in [0.4, 0.5) is 0 Å². The Bertz CT molecular complexity index is 1610. The Hall–Kier alpha value is -4.42. The van der Waals surface area contributed by atoms with Gasteiger partial charge in [0.25, 0.3) is 0 Å². The molecule has 0 saturated carbocycles. The van der Waals surface area contributed by atoms with E-state index in [0.29, 0.717) is 11.8 Å². The third-order valence-electron chi connectivity index (χ3n) is 8.01. The highest BCUT2D eigenvalue weighted by atomic mass is 14.3. The second-order valence-corrected chi connectivity index (χ2v) is 11.3. The summed E-state index contributed by atoms with van der Waals surface area (Å²) in [5.74, 6) is 0.752. The van der Waals surface area contributed by atoms with Gasteiger partial charge < -0.3 is 0 Å². The fraction of sp³-hybridized carbons (Fsp3) is 0.150. The van der Waals surface area contributed by atoms with Crippen LogP contribution in [0.25, 0.3) is 55.3 Å². The zero-order chi connectivity index (χ0) is 27.6. The van der Waals surface area contributed by atoms with Gasteiger partial charge >= 0.3 is 0 Å². The Morgan fingerprint density at radius 2 is 0.550 bits per heavy atom. The standard InChI is InChI=1S/C40H36/c1-27(2)33-25-26-34(28(3)4)40-38(32-23-15-8-16-24-32)36(30-19-11-6-12-20-30)35(29-17-9-5-10-18-29)37(39(33)40)31-21-13-7-14-22-31/h5-28H,1-4H3. The van der Waals surface area contributed by atoms with Crippen LogP contribution in [-0.4, -0.2) is 0 Å². The second kappa shape index (κ2) is 11.0. The van der Waals surface area contributed by atoms with Crippen LogP contribution in [-0.2, 0) is 0 Å². The molecule has 6 aromatic carbocycles. The van der Waals surface area contributed by atoms with Crippen LogP contribution >= 0.6 is 0 Å². The minimum atomic E-state index is 0.376. The van der Waals surface area contributed by atoms with Crippen LogP contribution in [0, 0.1) is 0 Å². The molecule has 0 amide bonds. The summed E-state index contributed by atoms with van der Waals surface area (Å²) in [4.78, 5) is 0. The van der Waals surface area contributed by atoms with Gasteiger partial charge in [-0.05, 0) is 78.2 Å². The third-order valence-corrected chi connectivity index (χ3v) is 8.01. The van der Waals surface area contributed by atoms with Gasteiger partial charge in [0.1, 0.15) is 0 Å². The van der Waals surface area contributed by atoms with Gasteiger partial charge in [-0.1, -0.05) is 161 Å². The van der Waals surface area contributed by atoms with Crippen molar-refractivity contribution in [1.29, 1.82) is 0 Å². The highest BCUT2D eigenvalue weighted by Crippen LogP contribution is 2.53. The summed E-state index contributed by atoms with van der Waals surface area (Å²) in [5.41, 5.74) is 13.0. The van der Waals surface area contributed by atoms with Crippen molar-refractivity contribution < 1.29 is 0 Å². The smallest absolute Gasteiger partial charge is 0.00140 e. The van der Waals surface area contributed by atoms with Crippen molar-refractivity contribution in [3.05, 3.63) is 145 Å². The van der Waals surface area contributed by atoms with Crippen molar-refractivity contribution in [3.63, 3.8) is 0 Å². The zero-order valence-corrected chi connectivity index (χ0v) is 23.9. The Kier molecular flexibility index (Phi) is 7.10. The topological polar surface area (TPSA) is 0 Å². The van der Waals surface area contributed by atoms with Gasteiger partial charge in [-0.15, -0.1) is 0 Å². The molecular weight excluding hydrogens is 480 g/mol. The molecule has 0 aliphatic heterocycles. The molecule has 40 heavy (non-hydrogen) atoms. The van der Waals surface area contributed by atoms with Crippen molar-refractivity contribution in [2.45, 2.75) is 39.5 Å². The highest BCUT2D eigenvalue weighted by Gasteiger charge is 2.27. The largest absolute Gasteiger partial charge is 0.0622 e. The molecule has 6 aromatic rings. The molecule has 0 spiro atoms. The molecule has 0 unspecified atom stereocenters. The van der Waals surface area contributed by atoms with Crippen molar-refractivity contribution >= 4 is 10.8 Å². The van der Waals surface area contributed by atoms with Gasteiger partial charge in [0, 0.05) is 0 Å². The van der Waals surface area contributed by atoms with E-state index in [1.807, 2.05) is 0 Å². The van der Waals surface area contributed by atoms with Crippen molar-refractivity contribution in [2.75, 3.05) is 0 Å². The Morgan fingerprint density at radius 3 is 0.800 bits per heavy atom. The van der Waals surface area contributed by atoms with E-state index in [2.05, 4.69) is 161 Å². The molecule has 0 saturated heterocycles. The molecule has 0 radical (unpaired) electrons. The van der Waals surface area contributed by atoms with Crippen LogP contribution in [0.15, 0.2) is 133 Å². The Balaban J connectivity index is 2.00. The lowest BCUT2D eigenvalue weighted by molar-refractivity contribution is 0.860. The lowest BCUT2D eigenvalue weighted by Crippen LogP contribution is -2.03. The number of hydrogen-bond acceptors (Lipinski definition) is 0. The molecule has 0 fully saturated rings. The minimum Gasteiger partial charge on any atom is -0.0622 e. The van der Waals surface area contributed by atoms with Crippen molar-refractivity contribution in [3.8, 4) is 44.5 Å². The quantitative estimate of drug-likeness (QED) is 0.206. The third kappa shape index (κ3) is 4.54. The molecule has 0 aliphatic rings. The first-order chi connectivity index (χ1) is 19.6. The first-order valence-corrected chi connectivity index (χ1v) is 14.4. The molecule has 0 aromatic heterocycles. The van der Waals surface area contributed by atoms with E-state index in [9.17, 15) is 0 Å². The van der Waals surface area contributed by atoms with Crippen LogP contribution in [0.1, 0.15) is 50.7 Å². The summed E-state index contributed by atoms with van der Waals surface area (Å²) in [7, 11) is 0. The maximum atomic E-state index is 2.39. The fourth-order valence-electron chi connectivity index (χ4n) is 6.21. The maximum absolute atomic E-state index is 2.39. The summed E-state index contributed by atoms with van der Waals surface area (Å²) >= 11 is 0. The van der Waals surface area contributed by atoms with Crippen LogP contribution < -0.4 is 0 Å². The number of fused-ring (bicyclic) bond motifs is 1. The number of hydrogen-bond donors (Lipinski definition) is 0. The molecule has 196 valence electrons. The van der Waals surface area contributed by atoms with Gasteiger partial charge in [-0.25, -0.2) is 0 Å². The lowest BCUT2D eigenvalue weighted by Gasteiger charge is -2.28. The van der Waals surface area contributed by atoms with E-state index < -0.39 is 0 Å². The normalized spacial score (nSPS) is 11.4. The predicted molar refractivity (Wildman–Crippen MR) is 174 cm³/mol. The Labute approximate surface area is 239 Å².